The number of ether oxygens (including phenoxy) is 1. The standard InChI is InChI=1S/C13H12FN3O2/c14-8-1-4-11(10(15)7-8)19-12-13(18)17(6-5-16-12)9-2-3-9/h1,4-7,9H,2-3,15H2. The molecular weight excluding hydrogens is 249 g/mol. The second kappa shape index (κ2) is 4.38. The summed E-state index contributed by atoms with van der Waals surface area (Å²) in [5.41, 5.74) is 5.46. The average Bonchev–Trinajstić information content (AvgIpc) is 3.19. The summed E-state index contributed by atoms with van der Waals surface area (Å²) < 4.78 is 19.9. The van der Waals surface area contributed by atoms with Gasteiger partial charge in [-0.15, -0.1) is 0 Å². The van der Waals surface area contributed by atoms with Crippen molar-refractivity contribution in [1.82, 2.24) is 9.55 Å². The summed E-state index contributed by atoms with van der Waals surface area (Å²) in [5, 5.41) is 0. The molecule has 0 bridgehead atoms. The largest absolute Gasteiger partial charge is 0.432 e. The van der Waals surface area contributed by atoms with Crippen molar-refractivity contribution >= 4 is 5.69 Å². The Kier molecular flexibility index (Phi) is 2.70. The van der Waals surface area contributed by atoms with Gasteiger partial charge in [-0.05, 0) is 25.0 Å². The van der Waals surface area contributed by atoms with Gasteiger partial charge in [-0.25, -0.2) is 9.37 Å². The fourth-order valence-electron chi connectivity index (χ4n) is 1.83. The van der Waals surface area contributed by atoms with E-state index in [0.29, 0.717) is 0 Å². The minimum absolute atomic E-state index is 0.0484. The molecule has 1 aliphatic carbocycles. The third kappa shape index (κ3) is 2.29. The lowest BCUT2D eigenvalue weighted by molar-refractivity contribution is 0.445. The monoisotopic (exact) mass is 261 g/mol. The van der Waals surface area contributed by atoms with E-state index >= 15 is 0 Å². The van der Waals surface area contributed by atoms with E-state index in [2.05, 4.69) is 4.98 Å². The Labute approximate surface area is 108 Å². The number of anilines is 1. The Hall–Kier alpha value is -2.37. The zero-order valence-electron chi connectivity index (χ0n) is 10.0. The Balaban J connectivity index is 1.95. The highest BCUT2D eigenvalue weighted by Gasteiger charge is 2.25. The maximum atomic E-state index is 12.9. The first-order valence-corrected chi connectivity index (χ1v) is 5.95. The summed E-state index contributed by atoms with van der Waals surface area (Å²) in [6.45, 7) is 0. The van der Waals surface area contributed by atoms with Crippen LogP contribution in [0, 0.1) is 5.82 Å². The van der Waals surface area contributed by atoms with Gasteiger partial charge >= 0.3 is 5.56 Å². The van der Waals surface area contributed by atoms with Gasteiger partial charge in [-0.3, -0.25) is 4.79 Å². The van der Waals surface area contributed by atoms with Crippen LogP contribution in [-0.4, -0.2) is 9.55 Å². The van der Waals surface area contributed by atoms with Gasteiger partial charge in [0.05, 0.1) is 5.69 Å². The molecule has 0 spiro atoms. The summed E-state index contributed by atoms with van der Waals surface area (Å²) in [6.07, 6.45) is 5.12. The van der Waals surface area contributed by atoms with E-state index in [1.165, 1.54) is 18.3 Å². The number of hydrogen-bond acceptors (Lipinski definition) is 4. The average molecular weight is 261 g/mol. The van der Waals surface area contributed by atoms with Gasteiger partial charge in [0, 0.05) is 24.5 Å². The number of hydrogen-bond donors (Lipinski definition) is 1. The molecule has 6 heteroatoms. The van der Waals surface area contributed by atoms with E-state index in [1.54, 1.807) is 10.8 Å². The van der Waals surface area contributed by atoms with Gasteiger partial charge in [0.2, 0.25) is 0 Å². The second-order valence-electron chi connectivity index (χ2n) is 4.46. The molecule has 98 valence electrons. The highest BCUT2D eigenvalue weighted by Crippen LogP contribution is 2.33. The minimum atomic E-state index is -0.457. The molecule has 5 nitrogen and oxygen atoms in total. The number of halogens is 1. The highest BCUT2D eigenvalue weighted by atomic mass is 19.1. The van der Waals surface area contributed by atoms with Gasteiger partial charge in [-0.2, -0.15) is 0 Å². The van der Waals surface area contributed by atoms with Crippen LogP contribution in [0.5, 0.6) is 11.6 Å². The predicted octanol–water partition coefficient (Wildman–Crippen LogP) is 2.09. The molecule has 19 heavy (non-hydrogen) atoms. The molecule has 0 unspecified atom stereocenters. The first-order chi connectivity index (χ1) is 9.15. The number of nitrogen functional groups attached to an aromatic ring is 1. The molecule has 0 saturated heterocycles. The van der Waals surface area contributed by atoms with Crippen molar-refractivity contribution in [2.75, 3.05) is 5.73 Å². The maximum Gasteiger partial charge on any atom is 0.313 e. The summed E-state index contributed by atoms with van der Waals surface area (Å²) in [6, 6.07) is 3.97. The fourth-order valence-corrected chi connectivity index (χ4v) is 1.83. The van der Waals surface area contributed by atoms with Crippen molar-refractivity contribution in [3.05, 3.63) is 46.8 Å². The summed E-state index contributed by atoms with van der Waals surface area (Å²) in [5.74, 6) is -0.284. The molecule has 1 aromatic carbocycles. The van der Waals surface area contributed by atoms with E-state index < -0.39 is 5.82 Å². The zero-order chi connectivity index (χ0) is 13.4. The number of rotatable bonds is 3. The van der Waals surface area contributed by atoms with Crippen molar-refractivity contribution in [2.45, 2.75) is 18.9 Å². The molecule has 2 aromatic rings. The molecule has 0 radical (unpaired) electrons. The van der Waals surface area contributed by atoms with Gasteiger partial charge in [-0.1, -0.05) is 0 Å². The molecule has 2 N–H and O–H groups in total. The van der Waals surface area contributed by atoms with E-state index in [1.807, 2.05) is 0 Å². The maximum absolute atomic E-state index is 12.9. The van der Waals surface area contributed by atoms with Crippen molar-refractivity contribution in [1.29, 1.82) is 0 Å². The van der Waals surface area contributed by atoms with Crippen LogP contribution < -0.4 is 16.0 Å². The lowest BCUT2D eigenvalue weighted by Gasteiger charge is -2.09. The number of nitrogens with zero attached hydrogens (tertiary/aromatic N) is 2. The normalized spacial score (nSPS) is 14.4. The van der Waals surface area contributed by atoms with Crippen molar-refractivity contribution in [3.63, 3.8) is 0 Å². The zero-order valence-corrected chi connectivity index (χ0v) is 10.0. The van der Waals surface area contributed by atoms with Crippen molar-refractivity contribution < 1.29 is 9.13 Å². The lowest BCUT2D eigenvalue weighted by atomic mass is 10.3. The highest BCUT2D eigenvalue weighted by molar-refractivity contribution is 5.53. The molecule has 1 aromatic heterocycles. The van der Waals surface area contributed by atoms with E-state index in [4.69, 9.17) is 10.5 Å². The van der Waals surface area contributed by atoms with Crippen molar-refractivity contribution in [3.8, 4) is 11.6 Å². The van der Waals surface area contributed by atoms with E-state index in [-0.39, 0.29) is 28.9 Å². The topological polar surface area (TPSA) is 70.1 Å². The Morgan fingerprint density at radius 3 is 2.89 bits per heavy atom. The van der Waals surface area contributed by atoms with Gasteiger partial charge in [0.1, 0.15) is 5.82 Å². The lowest BCUT2D eigenvalue weighted by Crippen LogP contribution is -2.20. The van der Waals surface area contributed by atoms with Crippen molar-refractivity contribution in [2.24, 2.45) is 0 Å². The van der Waals surface area contributed by atoms with Gasteiger partial charge in [0.25, 0.3) is 5.88 Å². The molecule has 1 aliphatic rings. The SMILES string of the molecule is Nc1cc(F)ccc1Oc1nccn(C2CC2)c1=O. The van der Waals surface area contributed by atoms with Crippen LogP contribution in [0.3, 0.4) is 0 Å². The third-order valence-corrected chi connectivity index (χ3v) is 2.96. The molecule has 1 fully saturated rings. The van der Waals surface area contributed by atoms with Crippen LogP contribution in [0.4, 0.5) is 10.1 Å². The molecule has 1 saturated carbocycles. The third-order valence-electron chi connectivity index (χ3n) is 2.96. The minimum Gasteiger partial charge on any atom is -0.432 e. The van der Waals surface area contributed by atoms with Crippen LogP contribution in [0.15, 0.2) is 35.4 Å². The first kappa shape index (κ1) is 11.7. The van der Waals surface area contributed by atoms with Gasteiger partial charge in [0.15, 0.2) is 5.75 Å². The quantitative estimate of drug-likeness (QED) is 0.859. The fraction of sp³-hybridized carbons (Fsp3) is 0.231. The number of nitrogens with two attached hydrogens (primary N) is 1. The van der Waals surface area contributed by atoms with E-state index in [9.17, 15) is 9.18 Å². The first-order valence-electron chi connectivity index (χ1n) is 5.95. The smallest absolute Gasteiger partial charge is 0.313 e. The van der Waals surface area contributed by atoms with Crippen LogP contribution in [0.25, 0.3) is 0 Å². The van der Waals surface area contributed by atoms with Crippen LogP contribution >= 0.6 is 0 Å². The molecule has 3 rings (SSSR count). The summed E-state index contributed by atoms with van der Waals surface area (Å²) in [4.78, 5) is 16.0. The number of benzene rings is 1. The van der Waals surface area contributed by atoms with E-state index in [0.717, 1.165) is 18.9 Å². The molecular formula is C13H12FN3O2. The molecule has 0 amide bonds. The Bertz CT molecular complexity index is 680. The molecule has 1 heterocycles. The molecule has 0 aliphatic heterocycles. The van der Waals surface area contributed by atoms with Crippen LogP contribution in [-0.2, 0) is 0 Å². The Morgan fingerprint density at radius 2 is 2.21 bits per heavy atom. The van der Waals surface area contributed by atoms with Gasteiger partial charge < -0.3 is 15.0 Å². The second-order valence-corrected chi connectivity index (χ2v) is 4.46. The van der Waals surface area contributed by atoms with Crippen LogP contribution in [0.1, 0.15) is 18.9 Å². The Morgan fingerprint density at radius 1 is 1.42 bits per heavy atom. The van der Waals surface area contributed by atoms with Crippen LogP contribution in [0.2, 0.25) is 0 Å². The predicted molar refractivity (Wildman–Crippen MR) is 67.7 cm³/mol. The summed E-state index contributed by atoms with van der Waals surface area (Å²) in [7, 11) is 0. The summed E-state index contributed by atoms with van der Waals surface area (Å²) >= 11 is 0. The number of aromatic nitrogens is 2. The molecule has 0 atom stereocenters.